The van der Waals surface area contributed by atoms with Crippen molar-refractivity contribution in [3.05, 3.63) is 17.5 Å². The summed E-state index contributed by atoms with van der Waals surface area (Å²) in [6.45, 7) is 5.69. The Bertz CT molecular complexity index is 503. The molecule has 1 unspecified atom stereocenters. The molecular formula is C12H17N3O4. The maximum Gasteiger partial charge on any atom is 0.410 e. The number of amides is 1. The van der Waals surface area contributed by atoms with Gasteiger partial charge in [0, 0.05) is 12.1 Å². The molecule has 1 aromatic heterocycles. The van der Waals surface area contributed by atoms with Crippen LogP contribution in [-0.2, 0) is 16.1 Å². The molecule has 0 saturated carbocycles. The first-order chi connectivity index (χ1) is 8.78. The van der Waals surface area contributed by atoms with Crippen LogP contribution in [0.3, 0.4) is 0 Å². The maximum absolute atomic E-state index is 12.0. The second kappa shape index (κ2) is 4.56. The number of hydrogen-bond acceptors (Lipinski definition) is 4. The van der Waals surface area contributed by atoms with Crippen LogP contribution in [0.5, 0.6) is 0 Å². The first kappa shape index (κ1) is 13.4. The third kappa shape index (κ3) is 2.86. The number of aromatic amines is 1. The van der Waals surface area contributed by atoms with E-state index in [1.54, 1.807) is 20.8 Å². The fraction of sp³-hybridized carbons (Fsp3) is 0.583. The number of carboxylic acids is 1. The fourth-order valence-corrected chi connectivity index (χ4v) is 2.00. The van der Waals surface area contributed by atoms with Crippen molar-refractivity contribution in [1.29, 1.82) is 0 Å². The number of aromatic nitrogens is 2. The first-order valence-corrected chi connectivity index (χ1v) is 6.01. The minimum absolute atomic E-state index is 0.0940. The van der Waals surface area contributed by atoms with Crippen LogP contribution in [0.2, 0.25) is 0 Å². The summed E-state index contributed by atoms with van der Waals surface area (Å²) in [5, 5.41) is 15.8. The standard InChI is InChI=1S/C12H17N3O4/c1-12(2,3)19-11(18)15-5-8(10(16)17)7-4-13-14-9(7)6-15/h4,8H,5-6H2,1-3H3,(H,13,14)(H,16,17). The molecule has 2 N–H and O–H groups in total. The Morgan fingerprint density at radius 1 is 1.53 bits per heavy atom. The molecule has 0 radical (unpaired) electrons. The van der Waals surface area contributed by atoms with Crippen LogP contribution in [-0.4, -0.2) is 44.4 Å². The SMILES string of the molecule is CC(C)(C)OC(=O)N1Cc2[nH]ncc2C(C(=O)O)C1. The van der Waals surface area contributed by atoms with E-state index in [2.05, 4.69) is 10.2 Å². The van der Waals surface area contributed by atoms with E-state index in [0.29, 0.717) is 11.3 Å². The number of carbonyl (C=O) groups excluding carboxylic acids is 1. The highest BCUT2D eigenvalue weighted by molar-refractivity contribution is 5.79. The largest absolute Gasteiger partial charge is 0.481 e. The van der Waals surface area contributed by atoms with Gasteiger partial charge in [0.05, 0.1) is 18.4 Å². The van der Waals surface area contributed by atoms with Gasteiger partial charge in [-0.3, -0.25) is 9.89 Å². The number of hydrogen-bond donors (Lipinski definition) is 2. The van der Waals surface area contributed by atoms with Crippen LogP contribution >= 0.6 is 0 Å². The van der Waals surface area contributed by atoms with Crippen molar-refractivity contribution in [1.82, 2.24) is 15.1 Å². The minimum atomic E-state index is -0.976. The second-order valence-corrected chi connectivity index (χ2v) is 5.56. The second-order valence-electron chi connectivity index (χ2n) is 5.56. The number of rotatable bonds is 1. The number of ether oxygens (including phenoxy) is 1. The van der Waals surface area contributed by atoms with E-state index in [9.17, 15) is 14.7 Å². The van der Waals surface area contributed by atoms with E-state index in [0.717, 1.165) is 0 Å². The molecule has 19 heavy (non-hydrogen) atoms. The zero-order chi connectivity index (χ0) is 14.2. The molecule has 104 valence electrons. The lowest BCUT2D eigenvalue weighted by molar-refractivity contribution is -0.139. The van der Waals surface area contributed by atoms with Crippen molar-refractivity contribution < 1.29 is 19.4 Å². The summed E-state index contributed by atoms with van der Waals surface area (Å²) >= 11 is 0. The number of fused-ring (bicyclic) bond motifs is 1. The van der Waals surface area contributed by atoms with Crippen LogP contribution in [0, 0.1) is 0 Å². The molecule has 0 fully saturated rings. The quantitative estimate of drug-likeness (QED) is 0.800. The number of carbonyl (C=O) groups is 2. The average Bonchev–Trinajstić information content (AvgIpc) is 2.72. The van der Waals surface area contributed by atoms with Crippen molar-refractivity contribution in [2.24, 2.45) is 0 Å². The summed E-state index contributed by atoms with van der Waals surface area (Å²) < 4.78 is 5.26. The molecule has 2 rings (SSSR count). The number of H-pyrrole nitrogens is 1. The Morgan fingerprint density at radius 3 is 2.79 bits per heavy atom. The Balaban J connectivity index is 2.19. The van der Waals surface area contributed by atoms with Crippen LogP contribution in [0.15, 0.2) is 6.20 Å². The number of nitrogens with zero attached hydrogens (tertiary/aromatic N) is 2. The molecule has 1 aliphatic heterocycles. The van der Waals surface area contributed by atoms with Gasteiger partial charge in [0.1, 0.15) is 11.5 Å². The normalized spacial score (nSPS) is 18.9. The average molecular weight is 267 g/mol. The molecule has 1 aliphatic rings. The maximum atomic E-state index is 12.0. The summed E-state index contributed by atoms with van der Waals surface area (Å²) in [5.74, 6) is -1.74. The monoisotopic (exact) mass is 267 g/mol. The lowest BCUT2D eigenvalue weighted by atomic mass is 9.95. The van der Waals surface area contributed by atoms with Gasteiger partial charge in [0.15, 0.2) is 0 Å². The van der Waals surface area contributed by atoms with Gasteiger partial charge in [0.25, 0.3) is 0 Å². The first-order valence-electron chi connectivity index (χ1n) is 6.01. The van der Waals surface area contributed by atoms with E-state index in [1.165, 1.54) is 11.1 Å². The smallest absolute Gasteiger partial charge is 0.410 e. The molecule has 0 aliphatic carbocycles. The Hall–Kier alpha value is -2.05. The highest BCUT2D eigenvalue weighted by Gasteiger charge is 2.35. The van der Waals surface area contributed by atoms with E-state index in [1.807, 2.05) is 0 Å². The molecule has 1 aromatic rings. The summed E-state index contributed by atoms with van der Waals surface area (Å²) in [4.78, 5) is 24.6. The van der Waals surface area contributed by atoms with Crippen molar-refractivity contribution in [2.45, 2.75) is 38.8 Å². The van der Waals surface area contributed by atoms with Gasteiger partial charge in [-0.15, -0.1) is 0 Å². The topological polar surface area (TPSA) is 95.5 Å². The van der Waals surface area contributed by atoms with Gasteiger partial charge in [-0.25, -0.2) is 4.79 Å². The predicted molar refractivity (Wildman–Crippen MR) is 65.6 cm³/mol. The molecule has 0 saturated heterocycles. The van der Waals surface area contributed by atoms with Crippen molar-refractivity contribution in [3.8, 4) is 0 Å². The van der Waals surface area contributed by atoms with Gasteiger partial charge < -0.3 is 14.7 Å². The van der Waals surface area contributed by atoms with E-state index >= 15 is 0 Å². The molecule has 0 aromatic carbocycles. The van der Waals surface area contributed by atoms with Crippen molar-refractivity contribution >= 4 is 12.1 Å². The third-order valence-corrected chi connectivity index (χ3v) is 2.83. The fourth-order valence-electron chi connectivity index (χ4n) is 2.00. The van der Waals surface area contributed by atoms with Crippen LogP contribution < -0.4 is 0 Å². The minimum Gasteiger partial charge on any atom is -0.481 e. The molecule has 7 heteroatoms. The lowest BCUT2D eigenvalue weighted by Crippen LogP contribution is -2.43. The molecule has 0 bridgehead atoms. The highest BCUT2D eigenvalue weighted by atomic mass is 16.6. The molecule has 7 nitrogen and oxygen atoms in total. The zero-order valence-corrected chi connectivity index (χ0v) is 11.1. The summed E-state index contributed by atoms with van der Waals surface area (Å²) in [6, 6.07) is 0. The van der Waals surface area contributed by atoms with Crippen LogP contribution in [0.1, 0.15) is 37.9 Å². The van der Waals surface area contributed by atoms with E-state index in [-0.39, 0.29) is 13.1 Å². The van der Waals surface area contributed by atoms with Crippen molar-refractivity contribution in [2.75, 3.05) is 6.54 Å². The Kier molecular flexibility index (Phi) is 3.21. The highest BCUT2D eigenvalue weighted by Crippen LogP contribution is 2.27. The third-order valence-electron chi connectivity index (χ3n) is 2.83. The Morgan fingerprint density at radius 2 is 2.21 bits per heavy atom. The van der Waals surface area contributed by atoms with E-state index in [4.69, 9.17) is 4.74 Å². The lowest BCUT2D eigenvalue weighted by Gasteiger charge is -2.32. The molecule has 2 heterocycles. The van der Waals surface area contributed by atoms with Gasteiger partial charge in [0.2, 0.25) is 0 Å². The summed E-state index contributed by atoms with van der Waals surface area (Å²) in [5.41, 5.74) is 0.668. The summed E-state index contributed by atoms with van der Waals surface area (Å²) in [7, 11) is 0. The molecule has 0 spiro atoms. The van der Waals surface area contributed by atoms with Gasteiger partial charge >= 0.3 is 12.1 Å². The molecule has 1 amide bonds. The predicted octanol–water partition coefficient (Wildman–Crippen LogP) is 1.33. The van der Waals surface area contributed by atoms with Gasteiger partial charge in [-0.1, -0.05) is 0 Å². The van der Waals surface area contributed by atoms with E-state index < -0.39 is 23.6 Å². The number of carboxylic acid groups (broad SMARTS) is 1. The summed E-state index contributed by atoms with van der Waals surface area (Å²) in [6.07, 6.45) is 0.986. The Labute approximate surface area is 110 Å². The van der Waals surface area contributed by atoms with Gasteiger partial charge in [-0.05, 0) is 20.8 Å². The molecule has 1 atom stereocenters. The molecular weight excluding hydrogens is 250 g/mol. The van der Waals surface area contributed by atoms with Crippen LogP contribution in [0.4, 0.5) is 4.79 Å². The van der Waals surface area contributed by atoms with Crippen molar-refractivity contribution in [3.63, 3.8) is 0 Å². The zero-order valence-electron chi connectivity index (χ0n) is 11.1. The van der Waals surface area contributed by atoms with Crippen LogP contribution in [0.25, 0.3) is 0 Å². The van der Waals surface area contributed by atoms with Gasteiger partial charge in [-0.2, -0.15) is 5.10 Å². The number of nitrogens with one attached hydrogen (secondary N) is 1. The number of aliphatic carboxylic acids is 1.